The third kappa shape index (κ3) is 2.79. The van der Waals surface area contributed by atoms with Gasteiger partial charge >= 0.3 is 5.97 Å². The topological polar surface area (TPSA) is 84.9 Å². The molecule has 0 radical (unpaired) electrons. The number of carbonyl (C=O) groups is 2. The number of carbonyl (C=O) groups excluding carboxylic acids is 1. The van der Waals surface area contributed by atoms with E-state index in [1.54, 1.807) is 6.07 Å². The summed E-state index contributed by atoms with van der Waals surface area (Å²) >= 11 is 1.37. The van der Waals surface area contributed by atoms with E-state index in [0.29, 0.717) is 24.7 Å². The summed E-state index contributed by atoms with van der Waals surface area (Å²) in [5, 5.41) is 12.3. The molecule has 130 valence electrons. The summed E-state index contributed by atoms with van der Waals surface area (Å²) in [5.74, 6) is -0.574. The van der Waals surface area contributed by atoms with E-state index in [9.17, 15) is 14.7 Å². The molecular weight excluding hydrogens is 342 g/mol. The Kier molecular flexibility index (Phi) is 3.97. The van der Waals surface area contributed by atoms with Gasteiger partial charge in [-0.05, 0) is 18.2 Å². The van der Waals surface area contributed by atoms with Gasteiger partial charge in [0.1, 0.15) is 17.9 Å². The van der Waals surface area contributed by atoms with Crippen molar-refractivity contribution in [2.75, 3.05) is 13.2 Å². The highest BCUT2D eigenvalue weighted by Gasteiger charge is 2.42. The van der Waals surface area contributed by atoms with Crippen LogP contribution >= 0.6 is 11.3 Å². The molecule has 0 aliphatic carbocycles. The number of nitrogens with one attached hydrogen (secondary N) is 1. The molecule has 0 atom stereocenters. The minimum absolute atomic E-state index is 0.269. The monoisotopic (exact) mass is 359 g/mol. The van der Waals surface area contributed by atoms with Crippen molar-refractivity contribution in [3.05, 3.63) is 40.8 Å². The van der Waals surface area contributed by atoms with E-state index in [2.05, 4.69) is 5.32 Å². The van der Waals surface area contributed by atoms with Gasteiger partial charge in [0.05, 0.1) is 4.88 Å². The van der Waals surface area contributed by atoms with Crippen molar-refractivity contribution in [3.63, 3.8) is 0 Å². The van der Waals surface area contributed by atoms with E-state index in [4.69, 9.17) is 9.47 Å². The summed E-state index contributed by atoms with van der Waals surface area (Å²) in [7, 11) is 0. The molecule has 0 unspecified atom stereocenters. The summed E-state index contributed by atoms with van der Waals surface area (Å²) in [6, 6.07) is 9.49. The van der Waals surface area contributed by atoms with Gasteiger partial charge in [-0.1, -0.05) is 12.1 Å². The van der Waals surface area contributed by atoms with Crippen LogP contribution in [0.15, 0.2) is 30.3 Å². The van der Waals surface area contributed by atoms with E-state index < -0.39 is 11.5 Å². The maximum atomic E-state index is 12.7. The third-order valence-electron chi connectivity index (χ3n) is 4.66. The van der Waals surface area contributed by atoms with E-state index in [1.165, 1.54) is 11.3 Å². The number of ether oxygens (including phenoxy) is 2. The molecule has 25 heavy (non-hydrogen) atoms. The van der Waals surface area contributed by atoms with Gasteiger partial charge in [-0.25, -0.2) is 4.79 Å². The van der Waals surface area contributed by atoms with Gasteiger partial charge in [0.2, 0.25) is 0 Å². The molecule has 1 aromatic heterocycles. The van der Waals surface area contributed by atoms with Crippen LogP contribution in [0.5, 0.6) is 5.75 Å². The molecule has 7 heteroatoms. The molecular formula is C18H17NO5S. The van der Waals surface area contributed by atoms with Crippen molar-refractivity contribution in [1.29, 1.82) is 0 Å². The lowest BCUT2D eigenvalue weighted by molar-refractivity contribution is -0.148. The van der Waals surface area contributed by atoms with Crippen LogP contribution in [-0.2, 0) is 16.1 Å². The first-order chi connectivity index (χ1) is 12.1. The van der Waals surface area contributed by atoms with Crippen molar-refractivity contribution in [2.24, 2.45) is 0 Å². The van der Waals surface area contributed by atoms with Gasteiger partial charge in [-0.2, -0.15) is 0 Å². The van der Waals surface area contributed by atoms with Gasteiger partial charge in [-0.3, -0.25) is 4.79 Å². The highest BCUT2D eigenvalue weighted by atomic mass is 32.1. The zero-order chi connectivity index (χ0) is 17.4. The average molecular weight is 359 g/mol. The molecule has 2 aliphatic heterocycles. The van der Waals surface area contributed by atoms with Crippen LogP contribution in [0, 0.1) is 0 Å². The van der Waals surface area contributed by atoms with Gasteiger partial charge in [0.15, 0.2) is 0 Å². The summed E-state index contributed by atoms with van der Waals surface area (Å²) in [4.78, 5) is 25.9. The Bertz CT molecular complexity index is 838. The fraction of sp³-hybridized carbons (Fsp3) is 0.333. The SMILES string of the molecule is O=C(NC1(C(=O)O)CCOCC1)c1cc2c(s1)-c1ccccc1OC2. The second-order valence-electron chi connectivity index (χ2n) is 6.20. The molecule has 0 bridgehead atoms. The zero-order valence-electron chi connectivity index (χ0n) is 13.4. The molecule has 1 fully saturated rings. The number of amides is 1. The zero-order valence-corrected chi connectivity index (χ0v) is 14.2. The lowest BCUT2D eigenvalue weighted by Crippen LogP contribution is -2.57. The lowest BCUT2D eigenvalue weighted by atomic mass is 9.90. The molecule has 2 N–H and O–H groups in total. The van der Waals surface area contributed by atoms with Crippen molar-refractivity contribution < 1.29 is 24.2 Å². The van der Waals surface area contributed by atoms with Crippen LogP contribution < -0.4 is 10.1 Å². The maximum Gasteiger partial charge on any atom is 0.329 e. The second kappa shape index (κ2) is 6.16. The third-order valence-corrected chi connectivity index (χ3v) is 5.87. The van der Waals surface area contributed by atoms with Crippen LogP contribution in [-0.4, -0.2) is 35.7 Å². The van der Waals surface area contributed by atoms with E-state index in [1.807, 2.05) is 24.3 Å². The van der Waals surface area contributed by atoms with Crippen molar-refractivity contribution >= 4 is 23.2 Å². The predicted octanol–water partition coefficient (Wildman–Crippen LogP) is 2.67. The number of hydrogen-bond donors (Lipinski definition) is 2. The number of fused-ring (bicyclic) bond motifs is 3. The van der Waals surface area contributed by atoms with Crippen molar-refractivity contribution in [3.8, 4) is 16.2 Å². The fourth-order valence-corrected chi connectivity index (χ4v) is 4.29. The first-order valence-corrected chi connectivity index (χ1v) is 8.89. The van der Waals surface area contributed by atoms with Gasteiger partial charge in [0.25, 0.3) is 5.91 Å². The van der Waals surface area contributed by atoms with Gasteiger partial charge in [-0.15, -0.1) is 11.3 Å². The molecule has 6 nitrogen and oxygen atoms in total. The standard InChI is InChI=1S/C18H17NO5S/c20-16(19-18(17(21)22)5-7-23-8-6-18)14-9-11-10-24-13-4-2-1-3-12(13)15(11)25-14/h1-4,9H,5-8,10H2,(H,19,20)(H,21,22). The number of carboxylic acid groups (broad SMARTS) is 1. The molecule has 3 heterocycles. The number of aliphatic carboxylic acids is 1. The number of thiophene rings is 1. The molecule has 0 spiro atoms. The Morgan fingerprint density at radius 1 is 1.20 bits per heavy atom. The largest absolute Gasteiger partial charge is 0.488 e. The van der Waals surface area contributed by atoms with Gasteiger partial charge < -0.3 is 19.9 Å². The quantitative estimate of drug-likeness (QED) is 0.880. The molecule has 1 amide bonds. The van der Waals surface area contributed by atoms with E-state index in [-0.39, 0.29) is 18.7 Å². The molecule has 4 rings (SSSR count). The Morgan fingerprint density at radius 2 is 1.96 bits per heavy atom. The second-order valence-corrected chi connectivity index (χ2v) is 7.26. The molecule has 2 aromatic rings. The summed E-state index contributed by atoms with van der Waals surface area (Å²) in [6.45, 7) is 1.07. The highest BCUT2D eigenvalue weighted by Crippen LogP contribution is 2.42. The minimum Gasteiger partial charge on any atom is -0.488 e. The summed E-state index contributed by atoms with van der Waals surface area (Å²) < 4.78 is 11.0. The number of benzene rings is 1. The predicted molar refractivity (Wildman–Crippen MR) is 92.0 cm³/mol. The van der Waals surface area contributed by atoms with Crippen LogP contribution in [0.25, 0.3) is 10.4 Å². The van der Waals surface area contributed by atoms with Crippen LogP contribution in [0.4, 0.5) is 0 Å². The Labute approximate surface area is 148 Å². The Balaban J connectivity index is 1.62. The first kappa shape index (κ1) is 16.1. The normalized spacial score (nSPS) is 17.8. The number of para-hydroxylation sites is 1. The number of hydrogen-bond acceptors (Lipinski definition) is 5. The van der Waals surface area contributed by atoms with Crippen molar-refractivity contribution in [2.45, 2.75) is 25.0 Å². The highest BCUT2D eigenvalue weighted by molar-refractivity contribution is 7.17. The molecule has 0 saturated carbocycles. The summed E-state index contributed by atoms with van der Waals surface area (Å²) in [5.41, 5.74) is 0.658. The van der Waals surface area contributed by atoms with Crippen LogP contribution in [0.1, 0.15) is 28.1 Å². The number of carboxylic acids is 1. The van der Waals surface area contributed by atoms with Crippen LogP contribution in [0.2, 0.25) is 0 Å². The summed E-state index contributed by atoms with van der Waals surface area (Å²) in [6.07, 6.45) is 0.538. The molecule has 1 aromatic carbocycles. The first-order valence-electron chi connectivity index (χ1n) is 8.08. The lowest BCUT2D eigenvalue weighted by Gasteiger charge is -2.33. The minimum atomic E-state index is -1.26. The smallest absolute Gasteiger partial charge is 0.329 e. The van der Waals surface area contributed by atoms with Gasteiger partial charge in [0, 0.05) is 42.1 Å². The average Bonchev–Trinajstić information content (AvgIpc) is 3.07. The molecule has 2 aliphatic rings. The van der Waals surface area contributed by atoms with Crippen molar-refractivity contribution in [1.82, 2.24) is 5.32 Å². The van der Waals surface area contributed by atoms with Crippen LogP contribution in [0.3, 0.4) is 0 Å². The Hall–Kier alpha value is -2.38. The Morgan fingerprint density at radius 3 is 2.72 bits per heavy atom. The molecule has 1 saturated heterocycles. The number of rotatable bonds is 3. The van der Waals surface area contributed by atoms with E-state index >= 15 is 0 Å². The van der Waals surface area contributed by atoms with E-state index in [0.717, 1.165) is 21.8 Å². The maximum absolute atomic E-state index is 12.7. The fourth-order valence-electron chi connectivity index (χ4n) is 3.20.